The van der Waals surface area contributed by atoms with Gasteiger partial charge in [0.2, 0.25) is 0 Å². The van der Waals surface area contributed by atoms with E-state index in [4.69, 9.17) is 20.7 Å². The highest BCUT2D eigenvalue weighted by atomic mass is 16.2. The largest absolute Gasteiger partial charge is 0.397 e. The fourth-order valence-electron chi connectivity index (χ4n) is 0.524. The molecule has 0 heterocycles. The molecule has 0 aromatic rings. The number of rotatable bonds is 4. The lowest BCUT2D eigenvalue weighted by molar-refractivity contribution is 0.318. The minimum absolute atomic E-state index is 0.0880. The average Bonchev–Trinajstić information content (AvgIpc) is 1.68. The molecule has 0 spiro atoms. The van der Waals surface area contributed by atoms with Gasteiger partial charge < -0.3 is 5.11 Å². The van der Waals surface area contributed by atoms with Crippen LogP contribution in [-0.2, 0) is 0 Å². The molecule has 8 heavy (non-hydrogen) atoms. The zero-order chi connectivity index (χ0) is 6.41. The van der Waals surface area contributed by atoms with E-state index in [9.17, 15) is 0 Å². The normalized spacial score (nSPS) is 9.12. The van der Waals surface area contributed by atoms with Crippen molar-refractivity contribution < 1.29 is 5.11 Å². The van der Waals surface area contributed by atoms with Crippen molar-refractivity contribution in [3.63, 3.8) is 0 Å². The molecule has 0 saturated carbocycles. The van der Waals surface area contributed by atoms with Gasteiger partial charge in [0.05, 0.1) is 14.4 Å². The zero-order valence-electron chi connectivity index (χ0n) is 5.01. The summed E-state index contributed by atoms with van der Waals surface area (Å²) in [6, 6.07) is 0. The summed E-state index contributed by atoms with van der Waals surface area (Å²) in [6.45, 7) is 0.256. The van der Waals surface area contributed by atoms with Gasteiger partial charge in [-0.2, -0.15) is 0 Å². The fourth-order valence-corrected chi connectivity index (χ4v) is 0.524. The molecule has 0 aliphatic rings. The van der Waals surface area contributed by atoms with Gasteiger partial charge in [-0.15, -0.1) is 0 Å². The lowest BCUT2D eigenvalue weighted by Gasteiger charge is -2.01. The zero-order valence-corrected chi connectivity index (χ0v) is 5.01. The van der Waals surface area contributed by atoms with E-state index in [1.165, 1.54) is 0 Å². The summed E-state index contributed by atoms with van der Waals surface area (Å²) in [7, 11) is 10.7. The van der Waals surface area contributed by atoms with E-state index in [0.29, 0.717) is 12.6 Å². The first-order chi connectivity index (χ1) is 3.81. The Balaban J connectivity index is 2.92. The van der Waals surface area contributed by atoms with E-state index < -0.39 is 0 Å². The minimum Gasteiger partial charge on any atom is -0.397 e. The summed E-state index contributed by atoms with van der Waals surface area (Å²) < 4.78 is 0. The van der Waals surface area contributed by atoms with E-state index in [-0.39, 0.29) is 13.2 Å². The van der Waals surface area contributed by atoms with Crippen LogP contribution in [0.3, 0.4) is 0 Å². The van der Waals surface area contributed by atoms with E-state index in [0.717, 1.165) is 6.32 Å². The monoisotopic (exact) mass is 106 g/mol. The van der Waals surface area contributed by atoms with E-state index in [1.807, 2.05) is 0 Å². The molecule has 1 nitrogen and oxygen atoms in total. The minimum atomic E-state index is 0.0880. The maximum absolute atomic E-state index is 8.34. The van der Waals surface area contributed by atoms with Crippen molar-refractivity contribution in [2.24, 2.45) is 0 Å². The third kappa shape index (κ3) is 4.32. The molecule has 0 amide bonds. The Morgan fingerprint density at radius 2 is 2.00 bits per heavy atom. The Bertz CT molecular complexity index is 44.5. The summed E-state index contributed by atoms with van der Waals surface area (Å²) in [5.41, 5.74) is 0. The predicted molar refractivity (Wildman–Crippen MR) is 38.8 cm³/mol. The van der Waals surface area contributed by atoms with Gasteiger partial charge in [-0.25, -0.2) is 0 Å². The van der Waals surface area contributed by atoms with Crippen LogP contribution >= 0.6 is 0 Å². The van der Waals surface area contributed by atoms with Gasteiger partial charge in [-0.3, -0.25) is 0 Å². The van der Waals surface area contributed by atoms with Gasteiger partial charge in [0.25, 0.3) is 0 Å². The molecule has 4 radical (unpaired) electrons. The quantitative estimate of drug-likeness (QED) is 0.488. The molecule has 0 aromatic carbocycles. The molecule has 0 saturated heterocycles. The first-order valence-electron chi connectivity index (χ1n) is 2.87. The summed E-state index contributed by atoms with van der Waals surface area (Å²) in [6.07, 6.45) is 2.08. The van der Waals surface area contributed by atoms with Crippen LogP contribution < -0.4 is 0 Å². The maximum Gasteiger partial charge on any atom is 0.0924 e. The Labute approximate surface area is 53.7 Å². The van der Waals surface area contributed by atoms with Gasteiger partial charge in [0.1, 0.15) is 0 Å². The predicted octanol–water partition coefficient (Wildman–Crippen LogP) is -0.275. The van der Waals surface area contributed by atoms with E-state index in [1.54, 1.807) is 0 Å². The molecule has 4 heteroatoms. The first kappa shape index (κ1) is 8.15. The van der Waals surface area contributed by atoms with Gasteiger partial charge in [0, 0.05) is 14.3 Å². The molecule has 0 aromatic heterocycles. The van der Waals surface area contributed by atoms with Crippen molar-refractivity contribution in [1.82, 2.24) is 0 Å². The highest BCUT2D eigenvalue weighted by molar-refractivity contribution is 7.03. The van der Waals surface area contributed by atoms with Crippen molar-refractivity contribution in [3.8, 4) is 0 Å². The third-order valence-corrected chi connectivity index (χ3v) is 1.04. The van der Waals surface area contributed by atoms with Crippen LogP contribution in [0.2, 0.25) is 19.0 Å². The Kier molecular flexibility index (Phi) is 5.40. The third-order valence-electron chi connectivity index (χ3n) is 1.04. The van der Waals surface area contributed by atoms with Crippen LogP contribution in [0, 0.1) is 0 Å². The summed E-state index contributed by atoms with van der Waals surface area (Å²) in [5.74, 6) is 0. The number of hydrogen-bond acceptors (Lipinski definition) is 1. The Hall–Kier alpha value is 0.155. The lowest BCUT2D eigenvalue weighted by atomic mass is 9.29. The molecule has 0 bridgehead atoms. The second-order valence-corrected chi connectivity index (χ2v) is 1.85. The molecular formula is C4H9B3O. The van der Waals surface area contributed by atoms with Crippen LogP contribution in [0.25, 0.3) is 0 Å². The topological polar surface area (TPSA) is 20.2 Å². The van der Waals surface area contributed by atoms with Crippen LogP contribution in [0.4, 0.5) is 0 Å². The van der Waals surface area contributed by atoms with Crippen molar-refractivity contribution in [2.75, 3.05) is 6.61 Å². The smallest absolute Gasteiger partial charge is 0.0924 e. The molecule has 0 fully saturated rings. The van der Waals surface area contributed by atoms with Crippen LogP contribution in [0.1, 0.15) is 0 Å². The Morgan fingerprint density at radius 1 is 1.38 bits per heavy atom. The molecule has 0 rings (SSSR count). The van der Waals surface area contributed by atoms with Crippen LogP contribution in [-0.4, -0.2) is 33.9 Å². The molecular weight excluding hydrogens is 96.5 g/mol. The highest BCUT2D eigenvalue weighted by Crippen LogP contribution is 1.95. The molecule has 1 N–H and O–H groups in total. The van der Waals surface area contributed by atoms with Crippen molar-refractivity contribution in [3.05, 3.63) is 0 Å². The molecule has 0 atom stereocenters. The van der Waals surface area contributed by atoms with Crippen molar-refractivity contribution in [1.29, 1.82) is 0 Å². The van der Waals surface area contributed by atoms with E-state index in [2.05, 4.69) is 0 Å². The van der Waals surface area contributed by atoms with Crippen molar-refractivity contribution >= 4 is 22.2 Å². The standard InChI is InChI=1S/C4H9B3O/c5-1-2-7(6)3-4-8/h8H,1-4H2. The summed E-state index contributed by atoms with van der Waals surface area (Å²) in [5, 5.41) is 8.34. The van der Waals surface area contributed by atoms with Gasteiger partial charge >= 0.3 is 0 Å². The second-order valence-electron chi connectivity index (χ2n) is 1.85. The molecule has 0 unspecified atom stereocenters. The first-order valence-corrected chi connectivity index (χ1v) is 2.87. The van der Waals surface area contributed by atoms with Gasteiger partial charge in [0.15, 0.2) is 0 Å². The molecule has 0 aliphatic carbocycles. The summed E-state index contributed by atoms with van der Waals surface area (Å²) >= 11 is 0. The molecule has 0 aliphatic heterocycles. The van der Waals surface area contributed by atoms with Crippen molar-refractivity contribution in [2.45, 2.75) is 19.0 Å². The molecule has 40 valence electrons. The van der Waals surface area contributed by atoms with Gasteiger partial charge in [-0.05, 0) is 0 Å². The second kappa shape index (κ2) is 5.29. The summed E-state index contributed by atoms with van der Waals surface area (Å²) in [4.78, 5) is 0. The van der Waals surface area contributed by atoms with E-state index >= 15 is 0 Å². The fraction of sp³-hybridized carbons (Fsp3) is 1.00. The van der Waals surface area contributed by atoms with Crippen LogP contribution in [0.5, 0.6) is 0 Å². The lowest BCUT2D eigenvalue weighted by Crippen LogP contribution is -2.13. The number of hydrogen-bond donors (Lipinski definition) is 1. The van der Waals surface area contributed by atoms with Gasteiger partial charge in [-0.1, -0.05) is 19.0 Å². The highest BCUT2D eigenvalue weighted by Gasteiger charge is 2.00. The maximum atomic E-state index is 8.34. The Morgan fingerprint density at radius 3 is 2.38 bits per heavy atom. The average molecular weight is 106 g/mol. The number of aliphatic hydroxyl groups excluding tert-OH is 1. The van der Waals surface area contributed by atoms with Crippen LogP contribution in [0.15, 0.2) is 0 Å². The SMILES string of the molecule is [B]CCB([B])CCO. The number of aliphatic hydroxyl groups is 1.